The molecule has 0 atom stereocenters. The molecule has 0 unspecified atom stereocenters. The van der Waals surface area contributed by atoms with E-state index in [-0.39, 0.29) is 13.2 Å². The molecule has 2 rings (SSSR count). The van der Waals surface area contributed by atoms with Gasteiger partial charge in [0.05, 0.1) is 19.8 Å². The summed E-state index contributed by atoms with van der Waals surface area (Å²) in [5.41, 5.74) is -0.134. The van der Waals surface area contributed by atoms with Gasteiger partial charge < -0.3 is 14.2 Å². The van der Waals surface area contributed by atoms with E-state index in [1.165, 1.54) is 25.7 Å². The molecule has 0 radical (unpaired) electrons. The summed E-state index contributed by atoms with van der Waals surface area (Å²) in [4.78, 5) is 25.8. The van der Waals surface area contributed by atoms with E-state index in [1.807, 2.05) is 24.3 Å². The van der Waals surface area contributed by atoms with Gasteiger partial charge in [0, 0.05) is 0 Å². The molecule has 5 heteroatoms. The van der Waals surface area contributed by atoms with Crippen molar-refractivity contribution in [3.05, 3.63) is 29.8 Å². The number of benzene rings is 1. The highest BCUT2D eigenvalue weighted by Crippen LogP contribution is 2.44. The van der Waals surface area contributed by atoms with E-state index in [2.05, 4.69) is 6.92 Å². The molecular weight excluding hydrogens is 392 g/mol. The first-order valence-electron chi connectivity index (χ1n) is 12.1. The highest BCUT2D eigenvalue weighted by Gasteiger charge is 2.51. The normalized spacial score (nSPS) is 13.6. The lowest BCUT2D eigenvalue weighted by Gasteiger charge is -2.29. The standard InChI is InChI=1S/C26H40O5/c1-4-7-8-9-10-19-31-23-15-13-21(14-16-23)17-18-26(20-22-11-12-22,24(27)29-5-2)25(28)30-6-3/h13-16,22H,4-12,17-20H2,1-3H3. The summed E-state index contributed by atoms with van der Waals surface area (Å²) in [5, 5.41) is 0. The molecule has 31 heavy (non-hydrogen) atoms. The number of esters is 2. The topological polar surface area (TPSA) is 61.8 Å². The highest BCUT2D eigenvalue weighted by molar-refractivity contribution is 6.00. The van der Waals surface area contributed by atoms with E-state index >= 15 is 0 Å². The number of carbonyl (C=O) groups excluding carboxylic acids is 2. The minimum Gasteiger partial charge on any atom is -0.494 e. The van der Waals surface area contributed by atoms with Crippen molar-refractivity contribution in [2.45, 2.75) is 85.0 Å². The Morgan fingerprint density at radius 1 is 0.903 bits per heavy atom. The van der Waals surface area contributed by atoms with Crippen molar-refractivity contribution in [3.63, 3.8) is 0 Å². The fourth-order valence-corrected chi connectivity index (χ4v) is 3.92. The van der Waals surface area contributed by atoms with E-state index in [0.717, 1.165) is 37.2 Å². The average Bonchev–Trinajstić information content (AvgIpc) is 3.58. The van der Waals surface area contributed by atoms with Crippen molar-refractivity contribution < 1.29 is 23.8 Å². The molecule has 0 heterocycles. The fourth-order valence-electron chi connectivity index (χ4n) is 3.92. The van der Waals surface area contributed by atoms with Crippen LogP contribution in [0.1, 0.15) is 84.1 Å². The number of ether oxygens (including phenoxy) is 3. The number of carbonyl (C=O) groups is 2. The first-order valence-corrected chi connectivity index (χ1v) is 12.1. The first-order chi connectivity index (χ1) is 15.1. The molecule has 0 spiro atoms. The van der Waals surface area contributed by atoms with E-state index in [4.69, 9.17) is 14.2 Å². The Balaban J connectivity index is 1.96. The Hall–Kier alpha value is -2.04. The van der Waals surface area contributed by atoms with E-state index < -0.39 is 17.4 Å². The lowest BCUT2D eigenvalue weighted by atomic mass is 9.77. The summed E-state index contributed by atoms with van der Waals surface area (Å²) in [7, 11) is 0. The SMILES string of the molecule is CCCCCCCOc1ccc(CCC(CC2CC2)(C(=O)OCC)C(=O)OCC)cc1. The van der Waals surface area contributed by atoms with Gasteiger partial charge in [-0.25, -0.2) is 0 Å². The maximum atomic E-state index is 12.9. The van der Waals surface area contributed by atoms with Gasteiger partial charge in [-0.2, -0.15) is 0 Å². The molecule has 1 aromatic carbocycles. The number of rotatable bonds is 16. The van der Waals surface area contributed by atoms with Crippen molar-refractivity contribution in [2.75, 3.05) is 19.8 Å². The molecule has 0 bridgehead atoms. The largest absolute Gasteiger partial charge is 0.494 e. The van der Waals surface area contributed by atoms with Crippen LogP contribution in [0.15, 0.2) is 24.3 Å². The van der Waals surface area contributed by atoms with Crippen LogP contribution in [-0.4, -0.2) is 31.8 Å². The van der Waals surface area contributed by atoms with Crippen molar-refractivity contribution in [1.29, 1.82) is 0 Å². The van der Waals surface area contributed by atoms with Crippen LogP contribution in [0.2, 0.25) is 0 Å². The van der Waals surface area contributed by atoms with Crippen molar-refractivity contribution in [2.24, 2.45) is 11.3 Å². The molecular formula is C26H40O5. The van der Waals surface area contributed by atoms with E-state index in [1.54, 1.807) is 13.8 Å². The predicted molar refractivity (Wildman–Crippen MR) is 122 cm³/mol. The van der Waals surface area contributed by atoms with Crippen LogP contribution in [0.5, 0.6) is 5.75 Å². The average molecular weight is 433 g/mol. The van der Waals surface area contributed by atoms with E-state index in [0.29, 0.717) is 25.2 Å². The number of unbranched alkanes of at least 4 members (excludes halogenated alkanes) is 4. The lowest BCUT2D eigenvalue weighted by Crippen LogP contribution is -2.43. The van der Waals surface area contributed by atoms with Crippen molar-refractivity contribution in [3.8, 4) is 5.75 Å². The summed E-state index contributed by atoms with van der Waals surface area (Å²) in [6.45, 7) is 7.01. The zero-order valence-corrected chi connectivity index (χ0v) is 19.6. The van der Waals surface area contributed by atoms with Gasteiger partial charge in [-0.05, 0) is 63.1 Å². The zero-order chi connectivity index (χ0) is 22.5. The predicted octanol–water partition coefficient (Wildman–Crippen LogP) is 5.88. The van der Waals surface area contributed by atoms with Crippen LogP contribution >= 0.6 is 0 Å². The fraction of sp³-hybridized carbons (Fsp3) is 0.692. The van der Waals surface area contributed by atoms with Gasteiger partial charge in [0.2, 0.25) is 0 Å². The van der Waals surface area contributed by atoms with Gasteiger partial charge in [0.1, 0.15) is 5.75 Å². The molecule has 1 fully saturated rings. The summed E-state index contributed by atoms with van der Waals surface area (Å²) < 4.78 is 16.5. The molecule has 1 aliphatic carbocycles. The quantitative estimate of drug-likeness (QED) is 0.185. The maximum absolute atomic E-state index is 12.9. The second-order valence-corrected chi connectivity index (χ2v) is 8.58. The lowest BCUT2D eigenvalue weighted by molar-refractivity contribution is -0.173. The van der Waals surface area contributed by atoms with Crippen LogP contribution in [0, 0.1) is 11.3 Å². The molecule has 0 N–H and O–H groups in total. The molecule has 1 aliphatic rings. The van der Waals surface area contributed by atoms with Crippen LogP contribution < -0.4 is 4.74 Å². The zero-order valence-electron chi connectivity index (χ0n) is 19.6. The molecule has 0 saturated heterocycles. The van der Waals surface area contributed by atoms with Gasteiger partial charge in [-0.1, -0.05) is 57.6 Å². The second kappa shape index (κ2) is 13.4. The molecule has 174 valence electrons. The number of aryl methyl sites for hydroxylation is 1. The Morgan fingerprint density at radius 3 is 2.06 bits per heavy atom. The molecule has 1 aromatic rings. The van der Waals surface area contributed by atoms with Crippen LogP contribution in [0.25, 0.3) is 0 Å². The third kappa shape index (κ3) is 8.19. The maximum Gasteiger partial charge on any atom is 0.323 e. The Bertz CT molecular complexity index is 645. The van der Waals surface area contributed by atoms with Gasteiger partial charge in [0.15, 0.2) is 5.41 Å². The molecule has 0 amide bonds. The van der Waals surface area contributed by atoms with Gasteiger partial charge >= 0.3 is 11.9 Å². The molecule has 5 nitrogen and oxygen atoms in total. The highest BCUT2D eigenvalue weighted by atomic mass is 16.6. The monoisotopic (exact) mass is 432 g/mol. The Morgan fingerprint density at radius 2 is 1.52 bits per heavy atom. The van der Waals surface area contributed by atoms with Gasteiger partial charge in [-0.3, -0.25) is 9.59 Å². The molecule has 0 aromatic heterocycles. The van der Waals surface area contributed by atoms with E-state index in [9.17, 15) is 9.59 Å². The summed E-state index contributed by atoms with van der Waals surface area (Å²) in [6, 6.07) is 7.98. The summed E-state index contributed by atoms with van der Waals surface area (Å²) in [5.74, 6) is 0.382. The summed E-state index contributed by atoms with van der Waals surface area (Å²) in [6.07, 6.45) is 9.73. The third-order valence-electron chi connectivity index (χ3n) is 5.95. The Labute approximate surface area is 187 Å². The van der Waals surface area contributed by atoms with Crippen LogP contribution in [-0.2, 0) is 25.5 Å². The van der Waals surface area contributed by atoms with Crippen molar-refractivity contribution in [1.82, 2.24) is 0 Å². The van der Waals surface area contributed by atoms with Gasteiger partial charge in [-0.15, -0.1) is 0 Å². The minimum atomic E-state index is -1.21. The second-order valence-electron chi connectivity index (χ2n) is 8.58. The minimum absolute atomic E-state index is 0.259. The third-order valence-corrected chi connectivity index (χ3v) is 5.95. The van der Waals surface area contributed by atoms with Gasteiger partial charge in [0.25, 0.3) is 0 Å². The molecule has 0 aliphatic heterocycles. The smallest absolute Gasteiger partial charge is 0.323 e. The first kappa shape index (κ1) is 25.2. The van der Waals surface area contributed by atoms with Crippen molar-refractivity contribution >= 4 is 11.9 Å². The van der Waals surface area contributed by atoms with Crippen LogP contribution in [0.4, 0.5) is 0 Å². The Kier molecular flexibility index (Phi) is 10.9. The number of hydrogen-bond donors (Lipinski definition) is 0. The summed E-state index contributed by atoms with van der Waals surface area (Å²) >= 11 is 0. The van der Waals surface area contributed by atoms with Crippen LogP contribution in [0.3, 0.4) is 0 Å². The number of hydrogen-bond acceptors (Lipinski definition) is 5. The molecule has 1 saturated carbocycles.